The molecule has 2 amide bonds. The van der Waals surface area contributed by atoms with Crippen molar-refractivity contribution in [3.05, 3.63) is 45.4 Å². The highest BCUT2D eigenvalue weighted by molar-refractivity contribution is 9.10. The molecule has 1 N–H and O–H groups in total. The van der Waals surface area contributed by atoms with Crippen molar-refractivity contribution in [3.8, 4) is 0 Å². The first-order valence-electron chi connectivity index (χ1n) is 11.2. The van der Waals surface area contributed by atoms with Gasteiger partial charge in [0.1, 0.15) is 24.6 Å². The summed E-state index contributed by atoms with van der Waals surface area (Å²) >= 11 is 3.13. The summed E-state index contributed by atoms with van der Waals surface area (Å²) in [6, 6.07) is 3.86. The molecule has 0 bridgehead atoms. The fourth-order valence-corrected chi connectivity index (χ4v) is 4.97. The lowest BCUT2D eigenvalue weighted by Crippen LogP contribution is -2.45. The number of benzene rings is 1. The first-order chi connectivity index (χ1) is 16.7. The van der Waals surface area contributed by atoms with E-state index in [1.807, 2.05) is 6.92 Å². The molecular weight excluding hydrogens is 535 g/mol. The lowest BCUT2D eigenvalue weighted by Gasteiger charge is -2.33. The minimum Gasteiger partial charge on any atom is -0.373 e. The van der Waals surface area contributed by atoms with Gasteiger partial charge in [-0.1, -0.05) is 0 Å². The Hall–Kier alpha value is -2.19. The second-order valence-electron chi connectivity index (χ2n) is 8.88. The van der Waals surface area contributed by atoms with Crippen molar-refractivity contribution in [3.63, 3.8) is 0 Å². The number of epoxide rings is 1. The van der Waals surface area contributed by atoms with E-state index >= 15 is 0 Å². The summed E-state index contributed by atoms with van der Waals surface area (Å²) in [7, 11) is 1.73. The number of fused-ring (bicyclic) bond motifs is 5. The normalized spacial score (nSPS) is 26.0. The maximum absolute atomic E-state index is 13.6. The molecule has 1 fully saturated rings. The van der Waals surface area contributed by atoms with Crippen molar-refractivity contribution in [1.82, 2.24) is 19.7 Å². The topological polar surface area (TPSA) is 84.4 Å². The zero-order valence-electron chi connectivity index (χ0n) is 19.1. The van der Waals surface area contributed by atoms with Gasteiger partial charge in [-0.3, -0.25) is 9.52 Å². The number of amides is 2. The Morgan fingerprint density at radius 3 is 2.94 bits per heavy atom. The summed E-state index contributed by atoms with van der Waals surface area (Å²) in [4.78, 5) is 20.7. The lowest BCUT2D eigenvalue weighted by molar-refractivity contribution is -0.222. The van der Waals surface area contributed by atoms with E-state index in [0.717, 1.165) is 17.0 Å². The number of rotatable bonds is 5. The molecule has 0 aliphatic carbocycles. The molecule has 13 heteroatoms. The van der Waals surface area contributed by atoms with Gasteiger partial charge >= 0.3 is 6.03 Å². The van der Waals surface area contributed by atoms with Crippen LogP contribution in [0.1, 0.15) is 30.0 Å². The third kappa shape index (κ3) is 5.05. The number of hydrogen-bond acceptors (Lipinski definition) is 6. The second-order valence-corrected chi connectivity index (χ2v) is 9.74. The number of hydroxylamine groups is 2. The van der Waals surface area contributed by atoms with Crippen molar-refractivity contribution in [2.24, 2.45) is 0 Å². The van der Waals surface area contributed by atoms with Crippen LogP contribution in [-0.4, -0.2) is 70.8 Å². The predicted molar refractivity (Wildman–Crippen MR) is 121 cm³/mol. The van der Waals surface area contributed by atoms with Crippen LogP contribution in [0, 0.1) is 5.82 Å². The number of likely N-dealkylation sites (N-methyl/N-ethyl adjacent to an activating group) is 1. The van der Waals surface area contributed by atoms with Crippen molar-refractivity contribution < 1.29 is 32.3 Å². The molecule has 3 aliphatic heterocycles. The molecule has 1 aromatic heterocycles. The van der Waals surface area contributed by atoms with Gasteiger partial charge in [0.15, 0.2) is 6.23 Å². The monoisotopic (exact) mass is 559 g/mol. The number of alkyl halides is 2. The van der Waals surface area contributed by atoms with Gasteiger partial charge in [-0.05, 0) is 41.1 Å². The quantitative estimate of drug-likeness (QED) is 0.562. The van der Waals surface area contributed by atoms with E-state index in [4.69, 9.17) is 19.4 Å². The highest BCUT2D eigenvalue weighted by Gasteiger charge is 2.51. The summed E-state index contributed by atoms with van der Waals surface area (Å²) in [5.74, 6) is -0.414. The molecule has 9 nitrogen and oxygen atoms in total. The number of nitrogens with one attached hydrogen (secondary N) is 1. The third-order valence-electron chi connectivity index (χ3n) is 6.29. The van der Waals surface area contributed by atoms with Gasteiger partial charge in [-0.25, -0.2) is 18.0 Å². The number of ether oxygens (including phenoxy) is 2. The molecule has 4 unspecified atom stereocenters. The van der Waals surface area contributed by atoms with Crippen LogP contribution in [-0.2, 0) is 33.8 Å². The van der Waals surface area contributed by atoms with E-state index in [-0.39, 0.29) is 35.5 Å². The molecule has 0 saturated carbocycles. The number of aromatic nitrogens is 2. The van der Waals surface area contributed by atoms with Crippen LogP contribution in [0.4, 0.5) is 23.7 Å². The van der Waals surface area contributed by atoms with Crippen molar-refractivity contribution in [2.45, 2.75) is 57.3 Å². The smallest absolute Gasteiger partial charge is 0.322 e. The van der Waals surface area contributed by atoms with Crippen LogP contribution in [0.15, 0.2) is 22.7 Å². The highest BCUT2D eigenvalue weighted by Crippen LogP contribution is 2.45. The summed E-state index contributed by atoms with van der Waals surface area (Å²) in [6.45, 7) is 1.87. The number of carbonyl (C=O) groups is 1. The van der Waals surface area contributed by atoms with E-state index in [1.54, 1.807) is 21.7 Å². The Kier molecular flexibility index (Phi) is 6.79. The van der Waals surface area contributed by atoms with Crippen molar-refractivity contribution in [1.29, 1.82) is 0 Å². The molecule has 5 rings (SSSR count). The fourth-order valence-electron chi connectivity index (χ4n) is 4.59. The number of nitrogens with zero attached hydrogens (tertiary/aromatic N) is 4. The largest absolute Gasteiger partial charge is 0.373 e. The first kappa shape index (κ1) is 24.5. The Morgan fingerprint density at radius 2 is 2.20 bits per heavy atom. The number of hydrogen-bond donors (Lipinski definition) is 1. The summed E-state index contributed by atoms with van der Waals surface area (Å²) in [5, 5.41) is 9.17. The lowest BCUT2D eigenvalue weighted by atomic mass is 9.98. The Labute approximate surface area is 208 Å². The zero-order valence-corrected chi connectivity index (χ0v) is 20.7. The summed E-state index contributed by atoms with van der Waals surface area (Å²) < 4.78 is 51.6. The number of carbonyl (C=O) groups excluding carboxylic acids is 1. The minimum atomic E-state index is -2.56. The van der Waals surface area contributed by atoms with Crippen molar-refractivity contribution >= 4 is 27.6 Å². The second kappa shape index (κ2) is 9.69. The van der Waals surface area contributed by atoms with Crippen molar-refractivity contribution in [2.75, 3.05) is 25.6 Å². The first-order valence-corrected chi connectivity index (χ1v) is 12.0. The van der Waals surface area contributed by atoms with Crippen LogP contribution in [0.2, 0.25) is 0 Å². The average molecular weight is 560 g/mol. The van der Waals surface area contributed by atoms with Gasteiger partial charge in [0.2, 0.25) is 0 Å². The maximum atomic E-state index is 13.6. The fraction of sp³-hybridized carbons (Fsp3) is 0.545. The molecule has 4 atom stereocenters. The van der Waals surface area contributed by atoms with Crippen LogP contribution in [0.25, 0.3) is 0 Å². The van der Waals surface area contributed by atoms with Gasteiger partial charge in [0.05, 0.1) is 35.6 Å². The van der Waals surface area contributed by atoms with Gasteiger partial charge in [-0.15, -0.1) is 0 Å². The van der Waals surface area contributed by atoms with E-state index in [1.165, 1.54) is 18.2 Å². The molecule has 35 heavy (non-hydrogen) atoms. The van der Waals surface area contributed by atoms with E-state index in [0.29, 0.717) is 25.2 Å². The number of halogens is 4. The molecule has 190 valence electrons. The number of anilines is 1. The van der Waals surface area contributed by atoms with E-state index in [9.17, 15) is 18.0 Å². The molecule has 1 saturated heterocycles. The Bertz CT molecular complexity index is 1120. The van der Waals surface area contributed by atoms with Crippen LogP contribution in [0.5, 0.6) is 0 Å². The SMILES string of the molecule is CC1Cc2nn3c(c2CN1C(=O)Nc1ccc(F)c(Br)c1)C1OC1N(C)OC(COCC(F)F)C3. The predicted octanol–water partition coefficient (Wildman–Crippen LogP) is 3.69. The van der Waals surface area contributed by atoms with Gasteiger partial charge < -0.3 is 19.7 Å². The minimum absolute atomic E-state index is 0.0196. The van der Waals surface area contributed by atoms with E-state index in [2.05, 4.69) is 21.2 Å². The standard InChI is InChI=1S/C22H25BrF3N5O4/c1-11-5-17-14(8-30(11)22(32)27-12-3-4-16(24)15(23)6-12)19-20-21(34-20)29(2)35-13(7-31(19)28-17)9-33-10-18(25)26/h3-4,6,11,13,18,20-21H,5,7-10H2,1-2H3,(H,27,32). The molecule has 3 aliphatic rings. The highest BCUT2D eigenvalue weighted by atomic mass is 79.9. The van der Waals surface area contributed by atoms with Gasteiger partial charge in [-0.2, -0.15) is 10.2 Å². The third-order valence-corrected chi connectivity index (χ3v) is 6.90. The molecule has 0 spiro atoms. The summed E-state index contributed by atoms with van der Waals surface area (Å²) in [6.07, 6.45) is -3.16. The molecule has 4 heterocycles. The zero-order chi connectivity index (χ0) is 24.9. The molecular formula is C22H25BrF3N5O4. The number of urea groups is 1. The molecule has 1 aromatic carbocycles. The Balaban J connectivity index is 1.36. The van der Waals surface area contributed by atoms with E-state index < -0.39 is 25.0 Å². The summed E-state index contributed by atoms with van der Waals surface area (Å²) in [5.41, 5.74) is 3.11. The van der Waals surface area contributed by atoms with Gasteiger partial charge in [0, 0.05) is 30.8 Å². The van der Waals surface area contributed by atoms with Gasteiger partial charge in [0.25, 0.3) is 6.43 Å². The van der Waals surface area contributed by atoms with Crippen LogP contribution in [0.3, 0.4) is 0 Å². The molecule has 2 aromatic rings. The average Bonchev–Trinajstić information content (AvgIpc) is 3.49. The maximum Gasteiger partial charge on any atom is 0.322 e. The molecule has 0 radical (unpaired) electrons. The van der Waals surface area contributed by atoms with Crippen LogP contribution >= 0.6 is 15.9 Å². The Morgan fingerprint density at radius 1 is 1.40 bits per heavy atom. The van der Waals surface area contributed by atoms with Crippen LogP contribution < -0.4 is 5.32 Å².